The molecule has 0 saturated carbocycles. The molecular weight excluding hydrogens is 361 g/mol. The van der Waals surface area contributed by atoms with Crippen molar-refractivity contribution in [1.82, 2.24) is 4.72 Å². The Kier molecular flexibility index (Phi) is 5.34. The normalized spacial score (nSPS) is 11.8. The molecule has 0 saturated heterocycles. The zero-order valence-corrected chi connectivity index (χ0v) is 14.0. The zero-order valence-electron chi connectivity index (χ0n) is 10.1. The maximum absolute atomic E-state index is 12.0. The van der Waals surface area contributed by atoms with Gasteiger partial charge in [-0.2, -0.15) is 0 Å². The SMILES string of the molecule is O=S(=O)(NCCc1c(Cl)cccc1Cl)c1ccc(Cl)s1. The van der Waals surface area contributed by atoms with Gasteiger partial charge in [-0.05, 0) is 36.2 Å². The van der Waals surface area contributed by atoms with E-state index in [-0.39, 0.29) is 10.8 Å². The third-order valence-electron chi connectivity index (χ3n) is 2.54. The van der Waals surface area contributed by atoms with E-state index in [1.165, 1.54) is 6.07 Å². The van der Waals surface area contributed by atoms with Crippen LogP contribution in [0.25, 0.3) is 0 Å². The summed E-state index contributed by atoms with van der Waals surface area (Å²) >= 11 is 18.8. The topological polar surface area (TPSA) is 46.2 Å². The average Bonchev–Trinajstić information content (AvgIpc) is 2.80. The van der Waals surface area contributed by atoms with Crippen molar-refractivity contribution in [3.63, 3.8) is 0 Å². The molecule has 0 unspecified atom stereocenters. The lowest BCUT2D eigenvalue weighted by Gasteiger charge is -2.08. The summed E-state index contributed by atoms with van der Waals surface area (Å²) in [6.45, 7) is 0.210. The molecule has 3 nitrogen and oxygen atoms in total. The molecule has 8 heteroatoms. The van der Waals surface area contributed by atoms with Crippen LogP contribution in [0.1, 0.15) is 5.56 Å². The minimum absolute atomic E-state index is 0.188. The molecule has 0 amide bonds. The highest BCUT2D eigenvalue weighted by Gasteiger charge is 2.16. The Balaban J connectivity index is 2.03. The van der Waals surface area contributed by atoms with Gasteiger partial charge < -0.3 is 0 Å². The molecule has 108 valence electrons. The molecule has 1 aromatic heterocycles. The van der Waals surface area contributed by atoms with Crippen molar-refractivity contribution in [3.05, 3.63) is 50.3 Å². The maximum Gasteiger partial charge on any atom is 0.250 e. The fourth-order valence-electron chi connectivity index (χ4n) is 1.59. The largest absolute Gasteiger partial charge is 0.250 e. The molecule has 20 heavy (non-hydrogen) atoms. The van der Waals surface area contributed by atoms with Gasteiger partial charge in [0.25, 0.3) is 0 Å². The van der Waals surface area contributed by atoms with Crippen LogP contribution in [0.4, 0.5) is 0 Å². The van der Waals surface area contributed by atoms with Gasteiger partial charge in [0.15, 0.2) is 0 Å². The Bertz CT molecular complexity index is 693. The van der Waals surface area contributed by atoms with E-state index >= 15 is 0 Å². The predicted octanol–water partition coefficient (Wildman–Crippen LogP) is 4.23. The molecule has 0 spiro atoms. The smallest absolute Gasteiger partial charge is 0.210 e. The molecule has 0 radical (unpaired) electrons. The second kappa shape index (κ2) is 6.64. The number of nitrogens with one attached hydrogen (secondary N) is 1. The molecule has 0 aliphatic carbocycles. The number of hydrogen-bond acceptors (Lipinski definition) is 3. The Hall–Kier alpha value is -0.300. The third kappa shape index (κ3) is 3.87. The van der Waals surface area contributed by atoms with Crippen molar-refractivity contribution in [2.75, 3.05) is 6.54 Å². The van der Waals surface area contributed by atoms with Crippen molar-refractivity contribution < 1.29 is 8.42 Å². The van der Waals surface area contributed by atoms with Crippen LogP contribution in [0.3, 0.4) is 0 Å². The molecule has 1 N–H and O–H groups in total. The second-order valence-electron chi connectivity index (χ2n) is 3.91. The third-order valence-corrected chi connectivity index (χ3v) is 6.43. The summed E-state index contributed by atoms with van der Waals surface area (Å²) in [5.41, 5.74) is 0.725. The number of hydrogen-bond donors (Lipinski definition) is 1. The quantitative estimate of drug-likeness (QED) is 0.856. The van der Waals surface area contributed by atoms with Crippen LogP contribution in [-0.4, -0.2) is 15.0 Å². The summed E-state index contributed by atoms with van der Waals surface area (Å²) in [4.78, 5) is 0. The van der Waals surface area contributed by atoms with Crippen LogP contribution in [0.5, 0.6) is 0 Å². The first-order valence-electron chi connectivity index (χ1n) is 5.58. The van der Waals surface area contributed by atoms with Crippen molar-refractivity contribution in [2.24, 2.45) is 0 Å². The number of halogens is 3. The number of thiophene rings is 1. The summed E-state index contributed by atoms with van der Waals surface area (Å²) in [7, 11) is -3.54. The first kappa shape index (κ1) is 16.1. The van der Waals surface area contributed by atoms with E-state index in [4.69, 9.17) is 34.8 Å². The summed E-state index contributed by atoms with van der Waals surface area (Å²) in [6.07, 6.45) is 0.414. The summed E-state index contributed by atoms with van der Waals surface area (Å²) < 4.78 is 27.1. The number of sulfonamides is 1. The average molecular weight is 371 g/mol. The summed E-state index contributed by atoms with van der Waals surface area (Å²) in [5.74, 6) is 0. The first-order valence-corrected chi connectivity index (χ1v) is 9.01. The fraction of sp³-hybridized carbons (Fsp3) is 0.167. The standard InChI is InChI=1S/C12H10Cl3NO2S2/c13-9-2-1-3-10(14)8(9)6-7-16-20(17,18)12-5-4-11(15)19-12/h1-5,16H,6-7H2. The molecule has 0 aliphatic rings. The molecule has 0 fully saturated rings. The van der Waals surface area contributed by atoms with Gasteiger partial charge >= 0.3 is 0 Å². The van der Waals surface area contributed by atoms with Crippen LogP contribution in [-0.2, 0) is 16.4 Å². The van der Waals surface area contributed by atoms with E-state index in [2.05, 4.69) is 4.72 Å². The molecule has 0 atom stereocenters. The Morgan fingerprint density at radius 2 is 1.70 bits per heavy atom. The highest BCUT2D eigenvalue weighted by molar-refractivity contribution is 7.91. The van der Waals surface area contributed by atoms with Crippen LogP contribution in [0.2, 0.25) is 14.4 Å². The first-order chi connectivity index (χ1) is 9.40. The van der Waals surface area contributed by atoms with Gasteiger partial charge in [-0.1, -0.05) is 40.9 Å². The fourth-order valence-corrected chi connectivity index (χ4v) is 4.74. The Morgan fingerprint density at radius 1 is 1.05 bits per heavy atom. The lowest BCUT2D eigenvalue weighted by Crippen LogP contribution is -2.25. The van der Waals surface area contributed by atoms with E-state index < -0.39 is 10.0 Å². The van der Waals surface area contributed by atoms with Crippen molar-refractivity contribution in [1.29, 1.82) is 0 Å². The van der Waals surface area contributed by atoms with Gasteiger partial charge in [-0.15, -0.1) is 11.3 Å². The van der Waals surface area contributed by atoms with Crippen LogP contribution in [0, 0.1) is 0 Å². The maximum atomic E-state index is 12.0. The predicted molar refractivity (Wildman–Crippen MR) is 84.7 cm³/mol. The van der Waals surface area contributed by atoms with Crippen LogP contribution < -0.4 is 4.72 Å². The van der Waals surface area contributed by atoms with Gasteiger partial charge in [0, 0.05) is 16.6 Å². The van der Waals surface area contributed by atoms with Crippen molar-refractivity contribution in [3.8, 4) is 0 Å². The molecule has 1 aromatic carbocycles. The molecule has 2 rings (SSSR count). The molecule has 1 heterocycles. The van der Waals surface area contributed by atoms with Crippen LogP contribution >= 0.6 is 46.1 Å². The summed E-state index contributed by atoms with van der Waals surface area (Å²) in [5, 5.41) is 1.05. The molecular formula is C12H10Cl3NO2S2. The zero-order chi connectivity index (χ0) is 14.8. The van der Waals surface area contributed by atoms with E-state index in [1.807, 2.05) is 0 Å². The summed E-state index contributed by atoms with van der Waals surface area (Å²) in [6, 6.07) is 8.20. The minimum atomic E-state index is -3.54. The van der Waals surface area contributed by atoms with Crippen molar-refractivity contribution >= 4 is 56.2 Å². The minimum Gasteiger partial charge on any atom is -0.210 e. The van der Waals surface area contributed by atoms with Gasteiger partial charge in [-0.3, -0.25) is 0 Å². The Labute approximate surface area is 136 Å². The van der Waals surface area contributed by atoms with Crippen LogP contribution in [0.15, 0.2) is 34.5 Å². The number of rotatable bonds is 5. The van der Waals surface area contributed by atoms with Gasteiger partial charge in [0.05, 0.1) is 4.34 Å². The van der Waals surface area contributed by atoms with Gasteiger partial charge in [0.2, 0.25) is 10.0 Å². The number of benzene rings is 1. The van der Waals surface area contributed by atoms with E-state index in [0.29, 0.717) is 20.8 Å². The molecule has 0 bridgehead atoms. The van der Waals surface area contributed by atoms with Gasteiger partial charge in [0.1, 0.15) is 4.21 Å². The van der Waals surface area contributed by atoms with E-state index in [0.717, 1.165) is 16.9 Å². The van der Waals surface area contributed by atoms with Gasteiger partial charge in [-0.25, -0.2) is 13.1 Å². The van der Waals surface area contributed by atoms with Crippen molar-refractivity contribution in [2.45, 2.75) is 10.6 Å². The lowest BCUT2D eigenvalue weighted by atomic mass is 10.1. The molecule has 0 aliphatic heterocycles. The highest BCUT2D eigenvalue weighted by atomic mass is 35.5. The monoisotopic (exact) mass is 369 g/mol. The Morgan fingerprint density at radius 3 is 2.25 bits per heavy atom. The lowest BCUT2D eigenvalue weighted by molar-refractivity contribution is 0.584. The molecule has 2 aromatic rings. The highest BCUT2D eigenvalue weighted by Crippen LogP contribution is 2.26. The van der Waals surface area contributed by atoms with E-state index in [1.54, 1.807) is 24.3 Å². The van der Waals surface area contributed by atoms with E-state index in [9.17, 15) is 8.42 Å². The second-order valence-corrected chi connectivity index (χ2v) is 8.43.